The predicted molar refractivity (Wildman–Crippen MR) is 82.6 cm³/mol. The number of nitrogens with one attached hydrogen (secondary N) is 1. The third-order valence-electron chi connectivity index (χ3n) is 3.39. The van der Waals surface area contributed by atoms with E-state index >= 15 is 0 Å². The summed E-state index contributed by atoms with van der Waals surface area (Å²) in [6.07, 6.45) is 0.329. The van der Waals surface area contributed by atoms with Crippen molar-refractivity contribution in [2.75, 3.05) is 26.2 Å². The molecule has 0 saturated carbocycles. The first-order chi connectivity index (χ1) is 8.39. The number of nitrogens with zero attached hydrogens (tertiary/aromatic N) is 1. The van der Waals surface area contributed by atoms with Crippen LogP contribution in [0.1, 0.15) is 55.4 Å². The maximum atomic E-state index is 5.98. The fraction of sp³-hybridized carbons (Fsp3) is 1.00. The first kappa shape index (κ1) is 16.9. The van der Waals surface area contributed by atoms with Crippen molar-refractivity contribution in [3.05, 3.63) is 0 Å². The second-order valence-corrected chi connectivity index (χ2v) is 8.63. The van der Waals surface area contributed by atoms with Crippen LogP contribution in [0.4, 0.5) is 0 Å². The van der Waals surface area contributed by atoms with Gasteiger partial charge in [0.05, 0.1) is 11.7 Å². The Hall–Kier alpha value is -0.120. The fourth-order valence-electron chi connectivity index (χ4n) is 2.87. The van der Waals surface area contributed by atoms with E-state index in [0.29, 0.717) is 6.10 Å². The van der Waals surface area contributed by atoms with E-state index in [4.69, 9.17) is 4.74 Å². The van der Waals surface area contributed by atoms with E-state index in [1.807, 2.05) is 0 Å². The van der Waals surface area contributed by atoms with Crippen LogP contribution in [0, 0.1) is 5.41 Å². The molecule has 3 nitrogen and oxygen atoms in total. The topological polar surface area (TPSA) is 24.5 Å². The van der Waals surface area contributed by atoms with Crippen LogP contribution < -0.4 is 5.32 Å². The minimum Gasteiger partial charge on any atom is -0.370 e. The Kier molecular flexibility index (Phi) is 5.09. The van der Waals surface area contributed by atoms with E-state index < -0.39 is 0 Å². The summed E-state index contributed by atoms with van der Waals surface area (Å²) in [4.78, 5) is 2.55. The average molecular weight is 270 g/mol. The smallest absolute Gasteiger partial charge is 0.0757 e. The van der Waals surface area contributed by atoms with E-state index in [1.165, 1.54) is 0 Å². The molecule has 0 spiro atoms. The summed E-state index contributed by atoms with van der Waals surface area (Å²) in [6, 6.07) is 0. The molecule has 1 fully saturated rings. The summed E-state index contributed by atoms with van der Waals surface area (Å²) in [5.74, 6) is 0. The van der Waals surface area contributed by atoms with E-state index in [1.54, 1.807) is 0 Å². The van der Waals surface area contributed by atoms with Gasteiger partial charge >= 0.3 is 0 Å². The van der Waals surface area contributed by atoms with E-state index in [-0.39, 0.29) is 16.6 Å². The normalized spacial score (nSPS) is 25.6. The van der Waals surface area contributed by atoms with Crippen molar-refractivity contribution in [1.29, 1.82) is 0 Å². The van der Waals surface area contributed by atoms with Crippen LogP contribution in [-0.4, -0.2) is 48.3 Å². The van der Waals surface area contributed by atoms with Gasteiger partial charge in [-0.25, -0.2) is 0 Å². The molecule has 0 radical (unpaired) electrons. The minimum absolute atomic E-state index is 0.0226. The molecule has 0 aliphatic carbocycles. The predicted octanol–water partition coefficient (Wildman–Crippen LogP) is 2.90. The van der Waals surface area contributed by atoms with Gasteiger partial charge in [-0.3, -0.25) is 4.90 Å². The Balaban J connectivity index is 2.52. The lowest BCUT2D eigenvalue weighted by Gasteiger charge is -2.44. The molecule has 0 amide bonds. The molecule has 3 heteroatoms. The van der Waals surface area contributed by atoms with Gasteiger partial charge in [-0.2, -0.15) is 0 Å². The van der Waals surface area contributed by atoms with Crippen LogP contribution in [0.25, 0.3) is 0 Å². The van der Waals surface area contributed by atoms with Crippen molar-refractivity contribution < 1.29 is 4.74 Å². The van der Waals surface area contributed by atoms with Gasteiger partial charge in [-0.05, 0) is 47.0 Å². The third kappa shape index (κ3) is 6.73. The van der Waals surface area contributed by atoms with Gasteiger partial charge in [-0.15, -0.1) is 0 Å². The van der Waals surface area contributed by atoms with Crippen LogP contribution in [0.3, 0.4) is 0 Å². The molecule has 0 aromatic rings. The maximum absolute atomic E-state index is 5.98. The van der Waals surface area contributed by atoms with Crippen molar-refractivity contribution in [1.82, 2.24) is 10.2 Å². The highest BCUT2D eigenvalue weighted by Gasteiger charge is 2.34. The maximum Gasteiger partial charge on any atom is 0.0757 e. The lowest BCUT2D eigenvalue weighted by molar-refractivity contribution is -0.133. The van der Waals surface area contributed by atoms with Gasteiger partial charge < -0.3 is 10.1 Å². The van der Waals surface area contributed by atoms with Crippen LogP contribution in [-0.2, 0) is 4.74 Å². The zero-order chi connectivity index (χ0) is 14.9. The minimum atomic E-state index is -0.0226. The van der Waals surface area contributed by atoms with Crippen molar-refractivity contribution >= 4 is 0 Å². The molecular weight excluding hydrogens is 236 g/mol. The SMILES string of the molecule is CC1CN(CC(C)(C)CNC(C)(C)C)CC(C)(C)O1. The zero-order valence-corrected chi connectivity index (χ0v) is 14.3. The second kappa shape index (κ2) is 5.71. The van der Waals surface area contributed by atoms with Gasteiger partial charge in [0.25, 0.3) is 0 Å². The fourth-order valence-corrected chi connectivity index (χ4v) is 2.87. The highest BCUT2D eigenvalue weighted by atomic mass is 16.5. The Morgan fingerprint density at radius 3 is 2.26 bits per heavy atom. The summed E-state index contributed by atoms with van der Waals surface area (Å²) >= 11 is 0. The Labute approximate surface area is 120 Å². The van der Waals surface area contributed by atoms with E-state index in [2.05, 4.69) is 65.6 Å². The Bertz CT molecular complexity index is 292. The van der Waals surface area contributed by atoms with Crippen molar-refractivity contribution in [3.63, 3.8) is 0 Å². The van der Waals surface area contributed by atoms with Gasteiger partial charge in [0.15, 0.2) is 0 Å². The molecular formula is C16H34N2O. The summed E-state index contributed by atoms with van der Waals surface area (Å²) in [5, 5.41) is 3.63. The number of hydrogen-bond acceptors (Lipinski definition) is 3. The second-order valence-electron chi connectivity index (χ2n) is 8.63. The first-order valence-corrected chi connectivity index (χ1v) is 7.54. The molecule has 19 heavy (non-hydrogen) atoms. The van der Waals surface area contributed by atoms with Crippen LogP contribution in [0.2, 0.25) is 0 Å². The molecule has 1 N–H and O–H groups in total. The van der Waals surface area contributed by atoms with Crippen molar-refractivity contribution in [2.45, 2.75) is 72.6 Å². The van der Waals surface area contributed by atoms with E-state index in [9.17, 15) is 0 Å². The lowest BCUT2D eigenvalue weighted by Crippen LogP contribution is -2.55. The first-order valence-electron chi connectivity index (χ1n) is 7.54. The molecule has 0 aromatic heterocycles. The molecule has 1 heterocycles. The lowest BCUT2D eigenvalue weighted by atomic mass is 9.90. The largest absolute Gasteiger partial charge is 0.370 e. The quantitative estimate of drug-likeness (QED) is 0.850. The van der Waals surface area contributed by atoms with Gasteiger partial charge in [0, 0.05) is 31.7 Å². The summed E-state index contributed by atoms with van der Waals surface area (Å²) < 4.78 is 5.98. The Morgan fingerprint density at radius 2 is 1.79 bits per heavy atom. The monoisotopic (exact) mass is 270 g/mol. The molecule has 0 bridgehead atoms. The number of ether oxygens (including phenoxy) is 1. The zero-order valence-electron chi connectivity index (χ0n) is 14.3. The molecule has 1 aliphatic heterocycles. The van der Waals surface area contributed by atoms with Crippen molar-refractivity contribution in [2.24, 2.45) is 5.41 Å². The summed E-state index contributed by atoms with van der Waals surface area (Å²) in [5.41, 5.74) is 0.445. The highest BCUT2D eigenvalue weighted by molar-refractivity contribution is 4.87. The molecule has 0 aromatic carbocycles. The molecule has 1 saturated heterocycles. The van der Waals surface area contributed by atoms with Crippen LogP contribution in [0.5, 0.6) is 0 Å². The van der Waals surface area contributed by atoms with Crippen LogP contribution in [0.15, 0.2) is 0 Å². The summed E-state index contributed by atoms with van der Waals surface area (Å²) in [7, 11) is 0. The van der Waals surface area contributed by atoms with Gasteiger partial charge in [0.1, 0.15) is 0 Å². The van der Waals surface area contributed by atoms with Gasteiger partial charge in [0.2, 0.25) is 0 Å². The Morgan fingerprint density at radius 1 is 1.21 bits per heavy atom. The number of morpholine rings is 1. The van der Waals surface area contributed by atoms with Crippen LogP contribution >= 0.6 is 0 Å². The third-order valence-corrected chi connectivity index (χ3v) is 3.39. The molecule has 114 valence electrons. The number of hydrogen-bond donors (Lipinski definition) is 1. The average Bonchev–Trinajstić information content (AvgIpc) is 2.09. The van der Waals surface area contributed by atoms with Crippen molar-refractivity contribution in [3.8, 4) is 0 Å². The van der Waals surface area contributed by atoms with Gasteiger partial charge in [-0.1, -0.05) is 13.8 Å². The van der Waals surface area contributed by atoms with E-state index in [0.717, 1.165) is 26.2 Å². The molecule has 1 rings (SSSR count). The number of rotatable bonds is 4. The standard InChI is InChI=1S/C16H34N2O/c1-13-9-18(12-16(7,8)19-13)11-15(5,6)10-17-14(2,3)4/h13,17H,9-12H2,1-8H3. The molecule has 1 aliphatic rings. The highest BCUT2D eigenvalue weighted by Crippen LogP contribution is 2.25. The molecule has 1 atom stereocenters. The summed E-state index contributed by atoms with van der Waals surface area (Å²) in [6.45, 7) is 22.2. The molecule has 1 unspecified atom stereocenters.